The summed E-state index contributed by atoms with van der Waals surface area (Å²) in [5.74, 6) is 0.892. The van der Waals surface area contributed by atoms with Gasteiger partial charge in [-0.15, -0.1) is 9.20 Å². The van der Waals surface area contributed by atoms with Gasteiger partial charge in [0.05, 0.1) is 5.56 Å². The molecule has 5 rings (SSSR count). The van der Waals surface area contributed by atoms with Crippen molar-refractivity contribution < 1.29 is 4.68 Å². The summed E-state index contributed by atoms with van der Waals surface area (Å²) in [7, 11) is 2.15. The lowest BCUT2D eigenvalue weighted by Gasteiger charge is -2.19. The highest BCUT2D eigenvalue weighted by molar-refractivity contribution is 6.14. The Morgan fingerprint density at radius 3 is 2.06 bits per heavy atom. The van der Waals surface area contributed by atoms with E-state index in [2.05, 4.69) is 113 Å². The van der Waals surface area contributed by atoms with Crippen LogP contribution in [0.5, 0.6) is 0 Å². The highest BCUT2D eigenvalue weighted by Gasteiger charge is 2.26. The number of pyridine rings is 2. The summed E-state index contributed by atoms with van der Waals surface area (Å²) in [5.41, 5.74) is 11.3. The molecule has 0 atom stereocenters. The van der Waals surface area contributed by atoms with Crippen molar-refractivity contribution in [2.24, 2.45) is 7.05 Å². The van der Waals surface area contributed by atoms with Gasteiger partial charge in [-0.1, -0.05) is 70.2 Å². The van der Waals surface area contributed by atoms with E-state index in [1.807, 2.05) is 0 Å². The molecule has 0 aliphatic carbocycles. The molecule has 0 bridgehead atoms. The van der Waals surface area contributed by atoms with Gasteiger partial charge in [-0.2, -0.15) is 0 Å². The largest absolute Gasteiger partial charge is 0.251 e. The first kappa shape index (κ1) is 20.7. The first-order chi connectivity index (χ1) is 15.3. The lowest BCUT2D eigenvalue weighted by atomic mass is 9.85. The Kier molecular flexibility index (Phi) is 4.81. The van der Waals surface area contributed by atoms with Gasteiger partial charge < -0.3 is 0 Å². The van der Waals surface area contributed by atoms with Crippen molar-refractivity contribution in [3.05, 3.63) is 77.1 Å². The predicted molar refractivity (Wildman–Crippen MR) is 134 cm³/mol. The van der Waals surface area contributed by atoms with E-state index in [0.29, 0.717) is 11.8 Å². The molecule has 32 heavy (non-hydrogen) atoms. The minimum Gasteiger partial charge on any atom is -0.251 e. The summed E-state index contributed by atoms with van der Waals surface area (Å²) in [5, 5.41) is 2.47. The third-order valence-electron chi connectivity index (χ3n) is 6.70. The van der Waals surface area contributed by atoms with Crippen LogP contribution in [0, 0.1) is 13.8 Å². The average Bonchev–Trinajstić information content (AvgIpc) is 3.09. The Hall–Kier alpha value is -3.20. The van der Waals surface area contributed by atoms with Crippen molar-refractivity contribution in [1.82, 2.24) is 9.50 Å². The summed E-state index contributed by atoms with van der Waals surface area (Å²) < 4.78 is 4.61. The zero-order valence-corrected chi connectivity index (χ0v) is 20.2. The minimum atomic E-state index is 0.446. The van der Waals surface area contributed by atoms with Crippen LogP contribution < -0.4 is 4.68 Å². The Bertz CT molecular complexity index is 1480. The molecule has 3 aromatic heterocycles. The van der Waals surface area contributed by atoms with Crippen molar-refractivity contribution in [3.8, 4) is 11.1 Å². The maximum absolute atomic E-state index is 5.00. The van der Waals surface area contributed by atoms with E-state index in [0.717, 1.165) is 11.2 Å². The third-order valence-corrected chi connectivity index (χ3v) is 6.70. The smallest absolute Gasteiger partial charge is 0.204 e. The molecule has 0 saturated carbocycles. The van der Waals surface area contributed by atoms with Gasteiger partial charge in [0.15, 0.2) is 7.05 Å². The van der Waals surface area contributed by atoms with Crippen molar-refractivity contribution in [2.45, 2.75) is 53.4 Å². The zero-order valence-electron chi connectivity index (χ0n) is 20.2. The van der Waals surface area contributed by atoms with Crippen LogP contribution in [0.15, 0.2) is 54.7 Å². The summed E-state index contributed by atoms with van der Waals surface area (Å²) in [6.45, 7) is 13.5. The molecule has 0 radical (unpaired) electrons. The second-order valence-corrected chi connectivity index (χ2v) is 9.72. The molecule has 3 heteroatoms. The number of hydrogen-bond acceptors (Lipinski definition) is 1. The number of rotatable bonds is 3. The lowest BCUT2D eigenvalue weighted by Crippen LogP contribution is -2.34. The standard InChI is InChI=1S/C29H32N3/c1-17(2)21-13-10-14-22(18(3)4)26(21)25-16-31(7)32-28-19(5)15-20(6)30-27(28)23-11-8-9-12-24(23)29(25)32/h8-18H,1-7H3/q+1. The fourth-order valence-corrected chi connectivity index (χ4v) is 5.33. The molecule has 0 spiro atoms. The number of fused-ring (bicyclic) bond motifs is 6. The van der Waals surface area contributed by atoms with E-state index in [-0.39, 0.29) is 0 Å². The van der Waals surface area contributed by atoms with Crippen molar-refractivity contribution in [3.63, 3.8) is 0 Å². The van der Waals surface area contributed by atoms with Crippen molar-refractivity contribution in [2.75, 3.05) is 0 Å². The van der Waals surface area contributed by atoms with Gasteiger partial charge in [0.25, 0.3) is 0 Å². The molecule has 2 aromatic carbocycles. The molecule has 162 valence electrons. The van der Waals surface area contributed by atoms with Crippen molar-refractivity contribution in [1.29, 1.82) is 0 Å². The highest BCUT2D eigenvalue weighted by atomic mass is 15.3. The molecule has 5 aromatic rings. The summed E-state index contributed by atoms with van der Waals surface area (Å²) in [4.78, 5) is 5.00. The van der Waals surface area contributed by atoms with Crippen LogP contribution in [0.25, 0.3) is 38.4 Å². The van der Waals surface area contributed by atoms with E-state index in [4.69, 9.17) is 4.98 Å². The monoisotopic (exact) mass is 422 g/mol. The molecule has 0 saturated heterocycles. The highest BCUT2D eigenvalue weighted by Crippen LogP contribution is 2.41. The normalized spacial score (nSPS) is 12.2. The van der Waals surface area contributed by atoms with Crippen LogP contribution in [-0.4, -0.2) is 9.50 Å². The average molecular weight is 423 g/mol. The van der Waals surface area contributed by atoms with E-state index in [1.165, 1.54) is 49.6 Å². The van der Waals surface area contributed by atoms with Crippen LogP contribution in [0.3, 0.4) is 0 Å². The van der Waals surface area contributed by atoms with E-state index in [1.54, 1.807) is 0 Å². The van der Waals surface area contributed by atoms with Crippen LogP contribution >= 0.6 is 0 Å². The maximum atomic E-state index is 5.00. The molecular weight excluding hydrogens is 390 g/mol. The molecule has 0 fully saturated rings. The molecule has 0 unspecified atom stereocenters. The predicted octanol–water partition coefficient (Wildman–Crippen LogP) is 7.00. The number of benzene rings is 2. The van der Waals surface area contributed by atoms with Crippen LogP contribution in [0.1, 0.15) is 61.9 Å². The van der Waals surface area contributed by atoms with E-state index >= 15 is 0 Å². The van der Waals surface area contributed by atoms with Gasteiger partial charge in [-0.3, -0.25) is 4.98 Å². The molecule has 0 amide bonds. The second-order valence-electron chi connectivity index (χ2n) is 9.72. The quantitative estimate of drug-likeness (QED) is 0.227. The van der Waals surface area contributed by atoms with E-state index < -0.39 is 0 Å². The minimum absolute atomic E-state index is 0.446. The van der Waals surface area contributed by atoms with Gasteiger partial charge >= 0.3 is 0 Å². The topological polar surface area (TPSA) is 21.2 Å². The van der Waals surface area contributed by atoms with Gasteiger partial charge in [0.2, 0.25) is 6.20 Å². The lowest BCUT2D eigenvalue weighted by molar-refractivity contribution is -0.735. The Morgan fingerprint density at radius 2 is 1.44 bits per heavy atom. The Labute approximate surface area is 190 Å². The first-order valence-electron chi connectivity index (χ1n) is 11.6. The fourth-order valence-electron chi connectivity index (χ4n) is 5.33. The zero-order chi connectivity index (χ0) is 22.7. The van der Waals surface area contributed by atoms with Crippen LogP contribution in [0.4, 0.5) is 0 Å². The van der Waals surface area contributed by atoms with Gasteiger partial charge in [0.1, 0.15) is 16.6 Å². The SMILES string of the molecule is Cc1cc(C)c2c(n1)c1ccccc1c1c(-c3c(C(C)C)cccc3C(C)C)c[n+](C)n12. The van der Waals surface area contributed by atoms with Gasteiger partial charge in [0, 0.05) is 16.5 Å². The molecular formula is C29H32N3+. The summed E-state index contributed by atoms with van der Waals surface area (Å²) in [6.07, 6.45) is 2.31. The molecule has 0 N–H and O–H groups in total. The van der Waals surface area contributed by atoms with Crippen molar-refractivity contribution >= 4 is 27.3 Å². The fraction of sp³-hybridized carbons (Fsp3) is 0.310. The van der Waals surface area contributed by atoms with E-state index in [9.17, 15) is 0 Å². The molecule has 0 aliphatic rings. The molecule has 3 nitrogen and oxygen atoms in total. The molecule has 3 heterocycles. The number of aromatic nitrogens is 3. The number of aryl methyl sites for hydroxylation is 3. The van der Waals surface area contributed by atoms with Crippen LogP contribution in [-0.2, 0) is 7.05 Å². The first-order valence-corrected chi connectivity index (χ1v) is 11.6. The van der Waals surface area contributed by atoms with Gasteiger partial charge in [-0.05, 0) is 54.0 Å². The number of hydrogen-bond donors (Lipinski definition) is 0. The Morgan fingerprint density at radius 1 is 0.812 bits per heavy atom. The third kappa shape index (κ3) is 2.95. The number of nitrogens with zero attached hydrogens (tertiary/aromatic N) is 3. The summed E-state index contributed by atoms with van der Waals surface area (Å²) >= 11 is 0. The second kappa shape index (κ2) is 7.44. The summed E-state index contributed by atoms with van der Waals surface area (Å²) in [6, 6.07) is 17.8. The van der Waals surface area contributed by atoms with Crippen LogP contribution in [0.2, 0.25) is 0 Å². The molecule has 0 aliphatic heterocycles. The Balaban J connectivity index is 2.07. The van der Waals surface area contributed by atoms with Gasteiger partial charge in [-0.25, -0.2) is 0 Å². The maximum Gasteiger partial charge on any atom is 0.204 e.